The number of rotatable bonds is 3. The summed E-state index contributed by atoms with van der Waals surface area (Å²) in [4.78, 5) is 28.9. The molecule has 5 nitrogen and oxygen atoms in total. The van der Waals surface area contributed by atoms with Crippen LogP contribution < -0.4 is 0 Å². The Morgan fingerprint density at radius 1 is 1.67 bits per heavy atom. The van der Waals surface area contributed by atoms with Crippen LogP contribution in [0, 0.1) is 5.41 Å². The van der Waals surface area contributed by atoms with E-state index in [4.69, 9.17) is 4.74 Å². The summed E-state index contributed by atoms with van der Waals surface area (Å²) >= 11 is 1.52. The molecule has 1 aliphatic rings. The molecular formula is C12H12N2O3S. The van der Waals surface area contributed by atoms with Crippen molar-refractivity contribution >= 4 is 28.1 Å². The average Bonchev–Trinajstić information content (AvgIpc) is 2.95. The number of ketones is 1. The van der Waals surface area contributed by atoms with E-state index in [9.17, 15) is 9.59 Å². The number of nitrogens with zero attached hydrogens (tertiary/aromatic N) is 2. The maximum absolute atomic E-state index is 11.8. The van der Waals surface area contributed by atoms with Crippen LogP contribution in [0.3, 0.4) is 0 Å². The second-order valence-electron chi connectivity index (χ2n) is 4.53. The fourth-order valence-electron chi connectivity index (χ4n) is 2.33. The van der Waals surface area contributed by atoms with E-state index in [1.54, 1.807) is 0 Å². The van der Waals surface area contributed by atoms with Crippen molar-refractivity contribution in [2.45, 2.75) is 19.8 Å². The van der Waals surface area contributed by atoms with Crippen molar-refractivity contribution in [3.05, 3.63) is 23.5 Å². The quantitative estimate of drug-likeness (QED) is 0.622. The Morgan fingerprint density at radius 3 is 3.11 bits per heavy atom. The molecule has 2 aromatic rings. The molecule has 0 radical (unpaired) electrons. The van der Waals surface area contributed by atoms with Crippen LogP contribution in [-0.2, 0) is 20.7 Å². The number of imidazole rings is 1. The fourth-order valence-corrected chi connectivity index (χ4v) is 3.05. The summed E-state index contributed by atoms with van der Waals surface area (Å²) in [6.45, 7) is 1.77. The summed E-state index contributed by atoms with van der Waals surface area (Å²) in [5.41, 5.74) is -0.264. The number of hydrogen-bond donors (Lipinski definition) is 0. The standard InChI is InChI=1S/C12H12N2O3S/c1-8(15)12(2-4-17-10(12)16)6-9-7-14-3-5-18-11(14)13-9/h3,5,7H,2,4,6H2,1H3. The van der Waals surface area contributed by atoms with Crippen molar-refractivity contribution in [2.75, 3.05) is 6.61 Å². The summed E-state index contributed by atoms with van der Waals surface area (Å²) < 4.78 is 6.86. The molecule has 0 aromatic carbocycles. The summed E-state index contributed by atoms with van der Waals surface area (Å²) in [7, 11) is 0. The van der Waals surface area contributed by atoms with Gasteiger partial charge in [-0.2, -0.15) is 0 Å². The highest BCUT2D eigenvalue weighted by atomic mass is 32.1. The Kier molecular flexibility index (Phi) is 2.48. The highest BCUT2D eigenvalue weighted by Crippen LogP contribution is 2.35. The van der Waals surface area contributed by atoms with Crippen LogP contribution in [0.1, 0.15) is 19.0 Å². The molecule has 2 aromatic heterocycles. The minimum atomic E-state index is -1.02. The molecule has 0 bridgehead atoms. The maximum Gasteiger partial charge on any atom is 0.320 e. The Labute approximate surface area is 107 Å². The van der Waals surface area contributed by atoms with E-state index in [0.29, 0.717) is 19.4 Å². The lowest BCUT2D eigenvalue weighted by Gasteiger charge is -2.19. The number of fused-ring (bicyclic) bond motifs is 1. The zero-order valence-corrected chi connectivity index (χ0v) is 10.7. The summed E-state index contributed by atoms with van der Waals surface area (Å²) in [6.07, 6.45) is 4.55. The summed E-state index contributed by atoms with van der Waals surface area (Å²) in [5.74, 6) is -0.548. The number of esters is 1. The van der Waals surface area contributed by atoms with Crippen LogP contribution in [0.25, 0.3) is 4.96 Å². The van der Waals surface area contributed by atoms with Crippen LogP contribution in [-0.4, -0.2) is 27.7 Å². The fraction of sp³-hybridized carbons (Fsp3) is 0.417. The zero-order chi connectivity index (χ0) is 12.8. The van der Waals surface area contributed by atoms with Gasteiger partial charge in [-0.1, -0.05) is 0 Å². The number of thiazole rings is 1. The first-order valence-corrected chi connectivity index (χ1v) is 6.59. The van der Waals surface area contributed by atoms with E-state index in [0.717, 1.165) is 10.7 Å². The molecule has 94 valence electrons. The van der Waals surface area contributed by atoms with Crippen molar-refractivity contribution < 1.29 is 14.3 Å². The predicted octanol–water partition coefficient (Wildman–Crippen LogP) is 1.46. The first-order chi connectivity index (χ1) is 8.62. The highest BCUT2D eigenvalue weighted by molar-refractivity contribution is 7.15. The Morgan fingerprint density at radius 2 is 2.50 bits per heavy atom. The molecule has 3 rings (SSSR count). The minimum absolute atomic E-state index is 0.138. The van der Waals surface area contributed by atoms with Gasteiger partial charge in [0.25, 0.3) is 0 Å². The number of cyclic esters (lactones) is 1. The molecule has 0 aliphatic carbocycles. The van der Waals surface area contributed by atoms with Gasteiger partial charge in [-0.3, -0.25) is 14.0 Å². The highest BCUT2D eigenvalue weighted by Gasteiger charge is 2.49. The van der Waals surface area contributed by atoms with E-state index >= 15 is 0 Å². The molecule has 1 saturated heterocycles. The van der Waals surface area contributed by atoms with E-state index in [1.807, 2.05) is 22.2 Å². The lowest BCUT2D eigenvalue weighted by atomic mass is 9.78. The third kappa shape index (κ3) is 1.56. The van der Waals surface area contributed by atoms with Crippen LogP contribution in [0.2, 0.25) is 0 Å². The van der Waals surface area contributed by atoms with Gasteiger partial charge in [0.15, 0.2) is 4.96 Å². The number of carbonyl (C=O) groups is 2. The lowest BCUT2D eigenvalue weighted by molar-refractivity contribution is -0.150. The van der Waals surface area contributed by atoms with Crippen molar-refractivity contribution in [3.8, 4) is 0 Å². The summed E-state index contributed by atoms with van der Waals surface area (Å²) in [6, 6.07) is 0. The van der Waals surface area contributed by atoms with Gasteiger partial charge in [0.05, 0.1) is 12.3 Å². The molecule has 18 heavy (non-hydrogen) atoms. The monoisotopic (exact) mass is 264 g/mol. The van der Waals surface area contributed by atoms with Crippen LogP contribution >= 0.6 is 11.3 Å². The molecule has 6 heteroatoms. The van der Waals surface area contributed by atoms with Crippen molar-refractivity contribution in [3.63, 3.8) is 0 Å². The van der Waals surface area contributed by atoms with Gasteiger partial charge in [0, 0.05) is 30.6 Å². The summed E-state index contributed by atoms with van der Waals surface area (Å²) in [5, 5.41) is 1.94. The third-order valence-electron chi connectivity index (χ3n) is 3.45. The van der Waals surface area contributed by atoms with E-state index in [1.165, 1.54) is 18.3 Å². The van der Waals surface area contributed by atoms with Gasteiger partial charge in [-0.15, -0.1) is 11.3 Å². The van der Waals surface area contributed by atoms with E-state index < -0.39 is 11.4 Å². The van der Waals surface area contributed by atoms with Crippen molar-refractivity contribution in [2.24, 2.45) is 5.41 Å². The lowest BCUT2D eigenvalue weighted by Crippen LogP contribution is -2.36. The second kappa shape index (κ2) is 3.91. The zero-order valence-electron chi connectivity index (χ0n) is 9.88. The van der Waals surface area contributed by atoms with Gasteiger partial charge < -0.3 is 4.74 Å². The Balaban J connectivity index is 1.96. The van der Waals surface area contributed by atoms with Gasteiger partial charge in [-0.05, 0) is 6.92 Å². The van der Waals surface area contributed by atoms with E-state index in [-0.39, 0.29) is 5.78 Å². The second-order valence-corrected chi connectivity index (χ2v) is 5.40. The number of aromatic nitrogens is 2. The van der Waals surface area contributed by atoms with Gasteiger partial charge in [-0.25, -0.2) is 4.98 Å². The van der Waals surface area contributed by atoms with E-state index in [2.05, 4.69) is 4.98 Å². The Hall–Kier alpha value is -1.69. The number of carbonyl (C=O) groups excluding carboxylic acids is 2. The topological polar surface area (TPSA) is 60.7 Å². The minimum Gasteiger partial charge on any atom is -0.465 e. The smallest absolute Gasteiger partial charge is 0.320 e. The number of ether oxygens (including phenoxy) is 1. The van der Waals surface area contributed by atoms with Crippen LogP contribution in [0.15, 0.2) is 17.8 Å². The number of hydrogen-bond acceptors (Lipinski definition) is 5. The first-order valence-electron chi connectivity index (χ1n) is 5.71. The van der Waals surface area contributed by atoms with Gasteiger partial charge >= 0.3 is 5.97 Å². The Bertz CT molecular complexity index is 602. The van der Waals surface area contributed by atoms with Gasteiger partial charge in [0.1, 0.15) is 11.2 Å². The molecule has 0 N–H and O–H groups in total. The largest absolute Gasteiger partial charge is 0.465 e. The van der Waals surface area contributed by atoms with Gasteiger partial charge in [0.2, 0.25) is 0 Å². The number of Topliss-reactive ketones (excluding diaryl/α,β-unsaturated/α-hetero) is 1. The molecule has 1 aliphatic heterocycles. The normalized spacial score (nSPS) is 23.5. The molecule has 0 amide bonds. The molecule has 1 unspecified atom stereocenters. The molecule has 3 heterocycles. The SMILES string of the molecule is CC(=O)C1(Cc2cn3ccsc3n2)CCOC1=O. The molecule has 0 saturated carbocycles. The molecule has 1 fully saturated rings. The molecular weight excluding hydrogens is 252 g/mol. The van der Waals surface area contributed by atoms with Crippen molar-refractivity contribution in [1.82, 2.24) is 9.38 Å². The van der Waals surface area contributed by atoms with Crippen LogP contribution in [0.4, 0.5) is 0 Å². The first kappa shape index (κ1) is 11.4. The van der Waals surface area contributed by atoms with Crippen molar-refractivity contribution in [1.29, 1.82) is 0 Å². The molecule has 1 atom stereocenters. The molecule has 0 spiro atoms. The predicted molar refractivity (Wildman–Crippen MR) is 65.5 cm³/mol. The average molecular weight is 264 g/mol. The van der Waals surface area contributed by atoms with Crippen LogP contribution in [0.5, 0.6) is 0 Å². The maximum atomic E-state index is 11.8. The third-order valence-corrected chi connectivity index (χ3v) is 4.22.